The van der Waals surface area contributed by atoms with Gasteiger partial charge in [0.25, 0.3) is 0 Å². The van der Waals surface area contributed by atoms with Crippen molar-refractivity contribution in [2.24, 2.45) is 0 Å². The molecule has 0 rings (SSSR count). The van der Waals surface area contributed by atoms with Crippen LogP contribution in [0.15, 0.2) is 0 Å². The minimum Gasteiger partial charge on any atom is -0.466 e. The number of rotatable bonds is 4. The minimum absolute atomic E-state index is 0.177. The van der Waals surface area contributed by atoms with Crippen LogP contribution in [0.4, 0.5) is 0 Å². The van der Waals surface area contributed by atoms with E-state index in [2.05, 4.69) is 4.74 Å². The van der Waals surface area contributed by atoms with Gasteiger partial charge in [-0.25, -0.2) is 0 Å². The van der Waals surface area contributed by atoms with Crippen LogP contribution in [0.2, 0.25) is 0 Å². The summed E-state index contributed by atoms with van der Waals surface area (Å²) in [6.07, 6.45) is -0.465. The Kier molecular flexibility index (Phi) is 3.28. The van der Waals surface area contributed by atoms with Gasteiger partial charge in [0.15, 0.2) is 0 Å². The van der Waals surface area contributed by atoms with E-state index in [0.29, 0.717) is 6.42 Å². The summed E-state index contributed by atoms with van der Waals surface area (Å²) in [4.78, 5) is 10.3. The van der Waals surface area contributed by atoms with Crippen molar-refractivity contribution in [1.29, 1.82) is 0 Å². The van der Waals surface area contributed by atoms with Crippen molar-refractivity contribution in [2.45, 2.75) is 33.1 Å². The molecule has 2 heteroatoms. The smallest absolute Gasteiger partial charge is 0.302 e. The van der Waals surface area contributed by atoms with Crippen LogP contribution in [0, 0.1) is 0 Å². The molecule has 0 unspecified atom stereocenters. The second-order valence-electron chi connectivity index (χ2n) is 1.69. The van der Waals surface area contributed by atoms with E-state index in [1.807, 2.05) is 0 Å². The maximum Gasteiger partial charge on any atom is 0.302 e. The van der Waals surface area contributed by atoms with Crippen LogP contribution in [0.3, 0.4) is 0 Å². The summed E-state index contributed by atoms with van der Waals surface area (Å²) in [5.41, 5.74) is 0. The highest BCUT2D eigenvalue weighted by molar-refractivity contribution is 5.65. The van der Waals surface area contributed by atoms with Gasteiger partial charge < -0.3 is 4.74 Å². The molecular weight excluding hydrogens is 116 g/mol. The molecule has 0 saturated carbocycles. The lowest BCUT2D eigenvalue weighted by molar-refractivity contribution is -0.141. The third-order valence-corrected chi connectivity index (χ3v) is 0.834. The number of carbonyl (C=O) groups is 1. The molecule has 9 heavy (non-hydrogen) atoms. The second-order valence-corrected chi connectivity index (χ2v) is 1.69. The third kappa shape index (κ3) is 7.47. The van der Waals surface area contributed by atoms with Crippen LogP contribution in [0.25, 0.3) is 0 Å². The van der Waals surface area contributed by atoms with Crippen molar-refractivity contribution >= 4 is 5.97 Å². The fourth-order valence-corrected chi connectivity index (χ4v) is 0.444. The monoisotopic (exact) mass is 132 g/mol. The first-order chi connectivity index (χ1) is 4.98. The lowest BCUT2D eigenvalue weighted by atomic mass is 10.3. The Morgan fingerprint density at radius 1 is 1.78 bits per heavy atom. The molecule has 2 nitrogen and oxygen atoms in total. The molecule has 54 valence electrons. The van der Waals surface area contributed by atoms with E-state index in [1.165, 1.54) is 6.92 Å². The highest BCUT2D eigenvalue weighted by Gasteiger charge is 1.89. The van der Waals surface area contributed by atoms with E-state index in [9.17, 15) is 4.79 Å². The van der Waals surface area contributed by atoms with E-state index in [4.69, 9.17) is 2.74 Å². The highest BCUT2D eigenvalue weighted by atomic mass is 16.5. The molecule has 0 aliphatic rings. The van der Waals surface area contributed by atoms with E-state index >= 15 is 0 Å². The van der Waals surface area contributed by atoms with Crippen molar-refractivity contribution in [3.63, 3.8) is 0 Å². The largest absolute Gasteiger partial charge is 0.466 e. The zero-order valence-electron chi connectivity index (χ0n) is 7.94. The number of ether oxygens (including phenoxy) is 1. The Morgan fingerprint density at radius 2 is 2.44 bits per heavy atom. The SMILES string of the molecule is [2H]C([2H])(CC)CCOC(C)=O. The van der Waals surface area contributed by atoms with Gasteiger partial charge in [-0.15, -0.1) is 0 Å². The van der Waals surface area contributed by atoms with Gasteiger partial charge in [0.2, 0.25) is 0 Å². The van der Waals surface area contributed by atoms with Crippen molar-refractivity contribution in [3.05, 3.63) is 0 Å². The highest BCUT2D eigenvalue weighted by Crippen LogP contribution is 1.93. The molecule has 0 heterocycles. The van der Waals surface area contributed by atoms with Gasteiger partial charge >= 0.3 is 5.97 Å². The van der Waals surface area contributed by atoms with E-state index in [-0.39, 0.29) is 19.0 Å². The van der Waals surface area contributed by atoms with Crippen molar-refractivity contribution in [1.82, 2.24) is 0 Å². The van der Waals surface area contributed by atoms with E-state index < -0.39 is 6.37 Å². The molecule has 0 spiro atoms. The van der Waals surface area contributed by atoms with Gasteiger partial charge in [0, 0.05) is 9.67 Å². The first-order valence-corrected chi connectivity index (χ1v) is 3.11. The van der Waals surface area contributed by atoms with Crippen LogP contribution in [-0.4, -0.2) is 12.6 Å². The number of hydrogen-bond donors (Lipinski definition) is 0. The predicted octanol–water partition coefficient (Wildman–Crippen LogP) is 1.74. The van der Waals surface area contributed by atoms with Crippen LogP contribution in [0.5, 0.6) is 0 Å². The molecule has 0 aromatic carbocycles. The van der Waals surface area contributed by atoms with Crippen LogP contribution in [0.1, 0.15) is 35.8 Å². The molecular formula is C7H14O2. The molecule has 0 radical (unpaired) electrons. The fraction of sp³-hybridized carbons (Fsp3) is 0.857. The molecule has 0 saturated heterocycles. The first kappa shape index (κ1) is 5.27. The Bertz CT molecular complexity index is 134. The maximum atomic E-state index is 10.3. The molecule has 0 N–H and O–H groups in total. The normalized spacial score (nSPS) is 14.0. The van der Waals surface area contributed by atoms with Crippen molar-refractivity contribution < 1.29 is 12.3 Å². The summed E-state index contributed by atoms with van der Waals surface area (Å²) in [6, 6.07) is 0. The fourth-order valence-electron chi connectivity index (χ4n) is 0.444. The first-order valence-electron chi connectivity index (χ1n) is 4.11. The molecule has 0 bridgehead atoms. The predicted molar refractivity (Wildman–Crippen MR) is 36.2 cm³/mol. The minimum atomic E-state index is -1.20. The molecule has 0 aromatic heterocycles. The molecule has 0 amide bonds. The van der Waals surface area contributed by atoms with Crippen LogP contribution < -0.4 is 0 Å². The Hall–Kier alpha value is -0.530. The number of carbonyl (C=O) groups excluding carboxylic acids is 1. The topological polar surface area (TPSA) is 26.3 Å². The third-order valence-electron chi connectivity index (χ3n) is 0.834. The Balaban J connectivity index is 3.45. The summed E-state index contributed by atoms with van der Waals surface area (Å²) in [6.45, 7) is 3.27. The molecule has 0 atom stereocenters. The van der Waals surface area contributed by atoms with Gasteiger partial charge in [-0.05, 0) is 6.42 Å². The molecule has 0 aliphatic carbocycles. The van der Waals surface area contributed by atoms with Gasteiger partial charge in [0.1, 0.15) is 0 Å². The van der Waals surface area contributed by atoms with Crippen LogP contribution in [-0.2, 0) is 9.53 Å². The van der Waals surface area contributed by atoms with Gasteiger partial charge in [-0.3, -0.25) is 4.79 Å². The van der Waals surface area contributed by atoms with Gasteiger partial charge in [0.05, 0.1) is 6.61 Å². The van der Waals surface area contributed by atoms with Crippen molar-refractivity contribution in [3.8, 4) is 0 Å². The second kappa shape index (κ2) is 5.60. The average Bonchev–Trinajstić information content (AvgIpc) is 1.87. The molecule has 0 aliphatic heterocycles. The number of esters is 1. The summed E-state index contributed by atoms with van der Waals surface area (Å²) >= 11 is 0. The average molecular weight is 132 g/mol. The Morgan fingerprint density at radius 3 is 2.89 bits per heavy atom. The quantitative estimate of drug-likeness (QED) is 0.544. The molecule has 0 fully saturated rings. The van der Waals surface area contributed by atoms with Gasteiger partial charge in [-0.1, -0.05) is 19.7 Å². The lowest BCUT2D eigenvalue weighted by Gasteiger charge is -1.98. The summed E-state index contributed by atoms with van der Waals surface area (Å²) in [5.74, 6) is -0.350. The summed E-state index contributed by atoms with van der Waals surface area (Å²) < 4.78 is 19.2. The maximum absolute atomic E-state index is 10.3. The zero-order valence-corrected chi connectivity index (χ0v) is 5.94. The standard InChI is InChI=1S/C7H14O2/c1-3-4-5-6-9-7(2)8/h3-6H2,1-2H3/i4D2. The van der Waals surface area contributed by atoms with E-state index in [1.54, 1.807) is 6.92 Å². The Labute approximate surface area is 59.0 Å². The van der Waals surface area contributed by atoms with Gasteiger partial charge in [-0.2, -0.15) is 0 Å². The summed E-state index contributed by atoms with van der Waals surface area (Å²) in [5, 5.41) is 0. The summed E-state index contributed by atoms with van der Waals surface area (Å²) in [7, 11) is 0. The van der Waals surface area contributed by atoms with Crippen molar-refractivity contribution in [2.75, 3.05) is 6.61 Å². The molecule has 0 aromatic rings. The van der Waals surface area contributed by atoms with E-state index in [0.717, 1.165) is 0 Å². The number of hydrogen-bond acceptors (Lipinski definition) is 2. The zero-order chi connectivity index (χ0) is 8.91. The lowest BCUT2D eigenvalue weighted by Crippen LogP contribution is -1.99. The van der Waals surface area contributed by atoms with Crippen LogP contribution >= 0.6 is 0 Å².